The van der Waals surface area contributed by atoms with Gasteiger partial charge in [-0.2, -0.15) is 11.8 Å². The van der Waals surface area contributed by atoms with Gasteiger partial charge in [0.05, 0.1) is 0 Å². The second-order valence-electron chi connectivity index (χ2n) is 8.19. The van der Waals surface area contributed by atoms with Crippen molar-refractivity contribution in [1.82, 2.24) is 10.2 Å². The molecule has 1 N–H and O–H groups in total. The van der Waals surface area contributed by atoms with Crippen molar-refractivity contribution in [2.45, 2.75) is 64.7 Å². The van der Waals surface area contributed by atoms with Gasteiger partial charge in [-0.1, -0.05) is 27.7 Å². The van der Waals surface area contributed by atoms with Gasteiger partial charge in [0.15, 0.2) is 0 Å². The Morgan fingerprint density at radius 3 is 2.62 bits per heavy atom. The minimum Gasteiger partial charge on any atom is -0.317 e. The molecule has 2 nitrogen and oxygen atoms in total. The molecule has 1 saturated heterocycles. The summed E-state index contributed by atoms with van der Waals surface area (Å²) in [6.45, 7) is 13.6. The average molecular weight is 313 g/mol. The van der Waals surface area contributed by atoms with E-state index in [1.165, 1.54) is 51.1 Å². The third-order valence-electron chi connectivity index (χ3n) is 5.75. The SMILES string of the molecule is CCC1CN(CC2CC(C(C)(C)C)CCC2NC)CCS1. The number of nitrogens with one attached hydrogen (secondary N) is 1. The summed E-state index contributed by atoms with van der Waals surface area (Å²) in [7, 11) is 2.16. The van der Waals surface area contributed by atoms with E-state index in [4.69, 9.17) is 0 Å². The summed E-state index contributed by atoms with van der Waals surface area (Å²) >= 11 is 2.18. The van der Waals surface area contributed by atoms with Crippen LogP contribution in [-0.2, 0) is 0 Å². The zero-order valence-corrected chi connectivity index (χ0v) is 15.6. The molecule has 0 aromatic carbocycles. The van der Waals surface area contributed by atoms with Crippen LogP contribution in [0, 0.1) is 17.3 Å². The molecule has 1 aliphatic heterocycles. The lowest BCUT2D eigenvalue weighted by Crippen LogP contribution is -2.48. The Bertz CT molecular complexity index is 313. The molecule has 1 heterocycles. The van der Waals surface area contributed by atoms with Crippen LogP contribution in [0.25, 0.3) is 0 Å². The highest BCUT2D eigenvalue weighted by molar-refractivity contribution is 8.00. The fourth-order valence-electron chi connectivity index (χ4n) is 4.16. The number of thioether (sulfide) groups is 1. The van der Waals surface area contributed by atoms with E-state index in [9.17, 15) is 0 Å². The van der Waals surface area contributed by atoms with Crippen LogP contribution in [0.1, 0.15) is 53.4 Å². The minimum absolute atomic E-state index is 0.473. The largest absolute Gasteiger partial charge is 0.317 e. The molecule has 21 heavy (non-hydrogen) atoms. The molecule has 4 unspecified atom stereocenters. The molecule has 4 atom stereocenters. The van der Waals surface area contributed by atoms with Gasteiger partial charge in [-0.05, 0) is 50.0 Å². The van der Waals surface area contributed by atoms with Crippen molar-refractivity contribution >= 4 is 11.8 Å². The third kappa shape index (κ3) is 4.87. The first-order valence-electron chi connectivity index (χ1n) is 8.95. The van der Waals surface area contributed by atoms with Crippen molar-refractivity contribution in [2.24, 2.45) is 17.3 Å². The summed E-state index contributed by atoms with van der Waals surface area (Å²) in [5, 5.41) is 4.48. The zero-order chi connectivity index (χ0) is 15.5. The first-order valence-corrected chi connectivity index (χ1v) is 10.00. The maximum Gasteiger partial charge on any atom is 0.0172 e. The minimum atomic E-state index is 0.473. The molecule has 2 aliphatic rings. The van der Waals surface area contributed by atoms with Crippen LogP contribution >= 0.6 is 11.8 Å². The van der Waals surface area contributed by atoms with Crippen molar-refractivity contribution in [3.63, 3.8) is 0 Å². The molecule has 0 radical (unpaired) electrons. The van der Waals surface area contributed by atoms with E-state index in [2.05, 4.69) is 56.7 Å². The maximum atomic E-state index is 3.61. The molecule has 0 aromatic heterocycles. The molecule has 2 rings (SSSR count). The van der Waals surface area contributed by atoms with Gasteiger partial charge in [0.1, 0.15) is 0 Å². The topological polar surface area (TPSA) is 15.3 Å². The number of hydrogen-bond donors (Lipinski definition) is 1. The van der Waals surface area contributed by atoms with Crippen molar-refractivity contribution in [2.75, 3.05) is 32.4 Å². The predicted octanol–water partition coefficient (Wildman–Crippen LogP) is 3.86. The lowest BCUT2D eigenvalue weighted by molar-refractivity contribution is 0.0904. The molecule has 0 amide bonds. The summed E-state index contributed by atoms with van der Waals surface area (Å²) in [6.07, 6.45) is 5.50. The van der Waals surface area contributed by atoms with Crippen LogP contribution < -0.4 is 5.32 Å². The maximum absolute atomic E-state index is 3.61. The molecular formula is C18H36N2S. The van der Waals surface area contributed by atoms with Gasteiger partial charge in [-0.25, -0.2) is 0 Å². The number of hydrogen-bond acceptors (Lipinski definition) is 3. The van der Waals surface area contributed by atoms with E-state index in [1.807, 2.05) is 0 Å². The van der Waals surface area contributed by atoms with Gasteiger partial charge < -0.3 is 10.2 Å². The highest BCUT2D eigenvalue weighted by Gasteiger charge is 2.36. The molecule has 0 bridgehead atoms. The van der Waals surface area contributed by atoms with E-state index in [0.717, 1.165) is 23.1 Å². The Kier molecular flexibility index (Phi) is 6.46. The first-order chi connectivity index (χ1) is 9.94. The molecule has 1 aliphatic carbocycles. The van der Waals surface area contributed by atoms with Crippen LogP contribution in [-0.4, -0.2) is 48.6 Å². The van der Waals surface area contributed by atoms with Crippen LogP contribution in [0.15, 0.2) is 0 Å². The van der Waals surface area contributed by atoms with Gasteiger partial charge in [0.25, 0.3) is 0 Å². The van der Waals surface area contributed by atoms with Gasteiger partial charge in [-0.3, -0.25) is 0 Å². The zero-order valence-electron chi connectivity index (χ0n) is 14.8. The lowest BCUT2D eigenvalue weighted by atomic mass is 9.67. The Morgan fingerprint density at radius 1 is 1.24 bits per heavy atom. The standard InChI is InChI=1S/C18H36N2S/c1-6-16-13-20(9-10-21-16)12-14-11-15(18(2,3)4)7-8-17(14)19-5/h14-17,19H,6-13H2,1-5H3. The number of nitrogens with zero attached hydrogens (tertiary/aromatic N) is 1. The van der Waals surface area contributed by atoms with E-state index >= 15 is 0 Å². The smallest absolute Gasteiger partial charge is 0.0172 e. The Labute approximate surface area is 136 Å². The van der Waals surface area contributed by atoms with Gasteiger partial charge in [0.2, 0.25) is 0 Å². The highest BCUT2D eigenvalue weighted by Crippen LogP contribution is 2.40. The highest BCUT2D eigenvalue weighted by atomic mass is 32.2. The van der Waals surface area contributed by atoms with Crippen molar-refractivity contribution in [1.29, 1.82) is 0 Å². The fraction of sp³-hybridized carbons (Fsp3) is 1.00. The van der Waals surface area contributed by atoms with Crippen molar-refractivity contribution < 1.29 is 0 Å². The van der Waals surface area contributed by atoms with E-state index < -0.39 is 0 Å². The molecule has 0 spiro atoms. The molecule has 2 fully saturated rings. The summed E-state index contributed by atoms with van der Waals surface area (Å²) < 4.78 is 0. The Morgan fingerprint density at radius 2 is 2.00 bits per heavy atom. The summed E-state index contributed by atoms with van der Waals surface area (Å²) in [5.74, 6) is 3.07. The second-order valence-corrected chi connectivity index (χ2v) is 9.60. The second kappa shape index (κ2) is 7.70. The van der Waals surface area contributed by atoms with Crippen LogP contribution in [0.3, 0.4) is 0 Å². The van der Waals surface area contributed by atoms with Crippen LogP contribution in [0.5, 0.6) is 0 Å². The third-order valence-corrected chi connectivity index (χ3v) is 7.12. The molecule has 124 valence electrons. The van der Waals surface area contributed by atoms with Gasteiger partial charge >= 0.3 is 0 Å². The summed E-state index contributed by atoms with van der Waals surface area (Å²) in [6, 6.07) is 0.734. The first kappa shape index (κ1) is 17.6. The fourth-order valence-corrected chi connectivity index (χ4v) is 5.41. The molecule has 1 saturated carbocycles. The quantitative estimate of drug-likeness (QED) is 0.848. The molecule has 0 aromatic rings. The summed E-state index contributed by atoms with van der Waals surface area (Å²) in [4.78, 5) is 2.75. The number of rotatable bonds is 4. The average Bonchev–Trinajstić information content (AvgIpc) is 2.46. The predicted molar refractivity (Wildman–Crippen MR) is 96.1 cm³/mol. The molecule has 3 heteroatoms. The molecular weight excluding hydrogens is 276 g/mol. The Hall–Kier alpha value is 0.270. The van der Waals surface area contributed by atoms with Gasteiger partial charge in [0, 0.05) is 36.7 Å². The van der Waals surface area contributed by atoms with Crippen LogP contribution in [0.4, 0.5) is 0 Å². The van der Waals surface area contributed by atoms with Crippen molar-refractivity contribution in [3.8, 4) is 0 Å². The Balaban J connectivity index is 1.94. The lowest BCUT2D eigenvalue weighted by Gasteiger charge is -2.44. The monoisotopic (exact) mass is 312 g/mol. The van der Waals surface area contributed by atoms with Crippen LogP contribution in [0.2, 0.25) is 0 Å². The van der Waals surface area contributed by atoms with Gasteiger partial charge in [-0.15, -0.1) is 0 Å². The van der Waals surface area contributed by atoms with E-state index in [1.54, 1.807) is 0 Å². The van der Waals surface area contributed by atoms with E-state index in [0.29, 0.717) is 5.41 Å². The van der Waals surface area contributed by atoms with Crippen molar-refractivity contribution in [3.05, 3.63) is 0 Å². The normalized spacial score (nSPS) is 35.9. The summed E-state index contributed by atoms with van der Waals surface area (Å²) in [5.41, 5.74) is 0.473. The van der Waals surface area contributed by atoms with E-state index in [-0.39, 0.29) is 0 Å².